The number of nitrogen functional groups attached to an aromatic ring is 1. The molecule has 0 saturated heterocycles. The number of anilines is 2. The number of rotatable bonds is 3. The maximum absolute atomic E-state index is 12.9. The Labute approximate surface area is 116 Å². The molecule has 0 atom stereocenters. The summed E-state index contributed by atoms with van der Waals surface area (Å²) in [4.78, 5) is 11.9. The Bertz CT molecular complexity index is 605. The van der Waals surface area contributed by atoms with E-state index in [1.165, 1.54) is 30.3 Å². The van der Waals surface area contributed by atoms with Crippen molar-refractivity contribution in [3.8, 4) is 0 Å². The van der Waals surface area contributed by atoms with Crippen LogP contribution in [0.2, 0.25) is 0 Å². The number of benzene rings is 1. The van der Waals surface area contributed by atoms with Crippen molar-refractivity contribution in [2.45, 2.75) is 0 Å². The molecular formula is C11H9BrFN5O. The van der Waals surface area contributed by atoms with Gasteiger partial charge in [-0.2, -0.15) is 0 Å². The van der Waals surface area contributed by atoms with E-state index in [1.807, 2.05) is 0 Å². The molecule has 4 N–H and O–H groups in total. The summed E-state index contributed by atoms with van der Waals surface area (Å²) in [7, 11) is 0. The predicted molar refractivity (Wildman–Crippen MR) is 71.9 cm³/mol. The van der Waals surface area contributed by atoms with E-state index >= 15 is 0 Å². The lowest BCUT2D eigenvalue weighted by Gasteiger charge is -2.06. The van der Waals surface area contributed by atoms with E-state index in [1.54, 1.807) is 0 Å². The first-order valence-electron chi connectivity index (χ1n) is 5.17. The van der Waals surface area contributed by atoms with Gasteiger partial charge in [-0.05, 0) is 46.3 Å². The zero-order valence-electron chi connectivity index (χ0n) is 9.52. The molecule has 0 saturated carbocycles. The summed E-state index contributed by atoms with van der Waals surface area (Å²) in [5, 5.41) is 9.96. The molecule has 0 spiro atoms. The normalized spacial score (nSPS) is 10.1. The van der Waals surface area contributed by atoms with Crippen LogP contribution in [0.4, 0.5) is 15.9 Å². The van der Waals surface area contributed by atoms with Crippen molar-refractivity contribution in [2.75, 3.05) is 10.7 Å². The second-order valence-electron chi connectivity index (χ2n) is 3.53. The third-order valence-electron chi connectivity index (χ3n) is 2.22. The van der Waals surface area contributed by atoms with Crippen LogP contribution in [-0.2, 0) is 0 Å². The van der Waals surface area contributed by atoms with Crippen LogP contribution in [0, 0.1) is 5.82 Å². The molecule has 1 amide bonds. The van der Waals surface area contributed by atoms with Crippen LogP contribution in [0.25, 0.3) is 0 Å². The van der Waals surface area contributed by atoms with E-state index in [-0.39, 0.29) is 5.69 Å². The minimum absolute atomic E-state index is 0.121. The molecule has 1 heterocycles. The number of nitrogens with zero attached hydrogens (tertiary/aromatic N) is 2. The minimum Gasteiger partial charge on any atom is -0.320 e. The Kier molecular flexibility index (Phi) is 4.03. The summed E-state index contributed by atoms with van der Waals surface area (Å²) >= 11 is 3.15. The Hall–Kier alpha value is -2.06. The van der Waals surface area contributed by atoms with Gasteiger partial charge in [0.05, 0.1) is 5.69 Å². The van der Waals surface area contributed by atoms with E-state index in [2.05, 4.69) is 36.9 Å². The van der Waals surface area contributed by atoms with Crippen LogP contribution in [0.1, 0.15) is 10.5 Å². The minimum atomic E-state index is -0.455. The Morgan fingerprint density at radius 2 is 2.05 bits per heavy atom. The first-order chi connectivity index (χ1) is 9.10. The van der Waals surface area contributed by atoms with Crippen molar-refractivity contribution in [3.63, 3.8) is 0 Å². The lowest BCUT2D eigenvalue weighted by molar-refractivity contribution is 0.102. The maximum atomic E-state index is 12.9. The lowest BCUT2D eigenvalue weighted by atomic mass is 10.3. The zero-order valence-corrected chi connectivity index (χ0v) is 11.1. The third-order valence-corrected chi connectivity index (χ3v) is 2.88. The molecule has 1 aromatic heterocycles. The molecule has 2 aromatic rings. The number of hydrogen-bond donors (Lipinski definition) is 3. The summed E-state index contributed by atoms with van der Waals surface area (Å²) in [6, 6.07) is 6.92. The number of aromatic nitrogens is 2. The highest BCUT2D eigenvalue weighted by atomic mass is 79.9. The summed E-state index contributed by atoms with van der Waals surface area (Å²) in [5.74, 6) is 4.63. The maximum Gasteiger partial charge on any atom is 0.276 e. The second-order valence-corrected chi connectivity index (χ2v) is 4.38. The molecular weight excluding hydrogens is 317 g/mol. The van der Waals surface area contributed by atoms with Crippen molar-refractivity contribution < 1.29 is 9.18 Å². The summed E-state index contributed by atoms with van der Waals surface area (Å²) < 4.78 is 13.3. The van der Waals surface area contributed by atoms with E-state index in [0.29, 0.717) is 16.0 Å². The molecule has 0 radical (unpaired) electrons. The van der Waals surface area contributed by atoms with Crippen LogP contribution in [0.3, 0.4) is 0 Å². The van der Waals surface area contributed by atoms with E-state index in [9.17, 15) is 9.18 Å². The van der Waals surface area contributed by atoms with Crippen molar-refractivity contribution in [2.24, 2.45) is 5.84 Å². The largest absolute Gasteiger partial charge is 0.320 e. The average Bonchev–Trinajstić information content (AvgIpc) is 2.42. The fraction of sp³-hybridized carbons (Fsp3) is 0. The van der Waals surface area contributed by atoms with Crippen LogP contribution >= 0.6 is 15.9 Å². The van der Waals surface area contributed by atoms with Gasteiger partial charge in [-0.25, -0.2) is 10.2 Å². The fourth-order valence-electron chi connectivity index (χ4n) is 1.31. The van der Waals surface area contributed by atoms with Crippen LogP contribution in [0.5, 0.6) is 0 Å². The van der Waals surface area contributed by atoms with Gasteiger partial charge in [-0.1, -0.05) is 0 Å². The predicted octanol–water partition coefficient (Wildman–Crippen LogP) is 1.92. The molecule has 98 valence electrons. The highest BCUT2D eigenvalue weighted by Crippen LogP contribution is 2.23. The monoisotopic (exact) mass is 325 g/mol. The average molecular weight is 326 g/mol. The lowest BCUT2D eigenvalue weighted by Crippen LogP contribution is -2.16. The number of hydrazine groups is 1. The molecule has 0 aliphatic carbocycles. The van der Waals surface area contributed by atoms with Crippen molar-refractivity contribution >= 4 is 33.3 Å². The number of nitrogens with two attached hydrogens (primary N) is 1. The fourth-order valence-corrected chi connectivity index (χ4v) is 1.76. The van der Waals surface area contributed by atoms with Gasteiger partial charge in [0.1, 0.15) is 5.82 Å². The van der Waals surface area contributed by atoms with Gasteiger partial charge in [0.25, 0.3) is 5.91 Å². The summed E-state index contributed by atoms with van der Waals surface area (Å²) in [6.45, 7) is 0. The molecule has 0 aliphatic rings. The SMILES string of the molecule is NNc1ccc(C(=O)Nc2ccc(F)cc2Br)nn1. The molecule has 1 aromatic carbocycles. The smallest absolute Gasteiger partial charge is 0.276 e. The van der Waals surface area contributed by atoms with Crippen molar-refractivity contribution in [1.82, 2.24) is 10.2 Å². The number of carbonyl (C=O) groups excluding carboxylic acids is 1. The number of nitrogens with one attached hydrogen (secondary N) is 2. The van der Waals surface area contributed by atoms with E-state index in [0.717, 1.165) is 0 Å². The molecule has 0 aliphatic heterocycles. The number of halogens is 2. The first kappa shape index (κ1) is 13.4. The van der Waals surface area contributed by atoms with Gasteiger partial charge in [0, 0.05) is 4.47 Å². The molecule has 8 heteroatoms. The summed E-state index contributed by atoms with van der Waals surface area (Å²) in [6.07, 6.45) is 0. The standard InChI is InChI=1S/C11H9BrFN5O/c12-7-5-6(13)1-2-8(7)15-11(19)9-3-4-10(16-14)18-17-9/h1-5H,14H2,(H,15,19)(H,16,18). The van der Waals surface area contributed by atoms with Gasteiger partial charge in [-0.15, -0.1) is 10.2 Å². The third kappa shape index (κ3) is 3.24. The van der Waals surface area contributed by atoms with Gasteiger partial charge in [0.2, 0.25) is 0 Å². The van der Waals surface area contributed by atoms with Crippen molar-refractivity contribution in [1.29, 1.82) is 0 Å². The Morgan fingerprint density at radius 1 is 1.26 bits per heavy atom. The molecule has 0 bridgehead atoms. The van der Waals surface area contributed by atoms with Gasteiger partial charge < -0.3 is 10.7 Å². The molecule has 19 heavy (non-hydrogen) atoms. The number of amides is 1. The van der Waals surface area contributed by atoms with Crippen LogP contribution in [0.15, 0.2) is 34.8 Å². The van der Waals surface area contributed by atoms with Gasteiger partial charge in [-0.3, -0.25) is 4.79 Å². The second kappa shape index (κ2) is 5.72. The van der Waals surface area contributed by atoms with Gasteiger partial charge >= 0.3 is 0 Å². The number of carbonyl (C=O) groups is 1. The molecule has 0 unspecified atom stereocenters. The van der Waals surface area contributed by atoms with E-state index in [4.69, 9.17) is 5.84 Å². The highest BCUT2D eigenvalue weighted by Gasteiger charge is 2.10. The zero-order chi connectivity index (χ0) is 13.8. The first-order valence-corrected chi connectivity index (χ1v) is 5.96. The van der Waals surface area contributed by atoms with Gasteiger partial charge in [0.15, 0.2) is 11.5 Å². The van der Waals surface area contributed by atoms with Crippen LogP contribution < -0.4 is 16.6 Å². The Morgan fingerprint density at radius 3 is 2.63 bits per heavy atom. The van der Waals surface area contributed by atoms with Crippen molar-refractivity contribution in [3.05, 3.63) is 46.3 Å². The molecule has 0 fully saturated rings. The molecule has 2 rings (SSSR count). The van der Waals surface area contributed by atoms with Crippen LogP contribution in [-0.4, -0.2) is 16.1 Å². The Balaban J connectivity index is 2.15. The summed E-state index contributed by atoms with van der Waals surface area (Å²) in [5.41, 5.74) is 2.86. The quantitative estimate of drug-likeness (QED) is 0.592. The topological polar surface area (TPSA) is 92.9 Å². The van der Waals surface area contributed by atoms with E-state index < -0.39 is 11.7 Å². The highest BCUT2D eigenvalue weighted by molar-refractivity contribution is 9.10. The number of hydrogen-bond acceptors (Lipinski definition) is 5. The molecule has 6 nitrogen and oxygen atoms in total.